The minimum absolute atomic E-state index is 0.341. The summed E-state index contributed by atoms with van der Waals surface area (Å²) in [5.74, 6) is -0.302. The van der Waals surface area contributed by atoms with Crippen LogP contribution in [-0.2, 0) is 0 Å². The minimum atomic E-state index is -0.350. The van der Waals surface area contributed by atoms with E-state index in [0.29, 0.717) is 26.3 Å². The summed E-state index contributed by atoms with van der Waals surface area (Å²) in [6.45, 7) is 0. The van der Waals surface area contributed by atoms with Crippen molar-refractivity contribution in [2.45, 2.75) is 0 Å². The standard InChI is InChI=1S/C14H12FIN2O2/c1-20-13-7-9(17)3-4-10(13)14(19)18-12-5-2-8(15)6-11(12)16/h2-7H,17H2,1H3,(H,18,19). The van der Waals surface area contributed by atoms with Crippen LogP contribution in [0.15, 0.2) is 36.4 Å². The van der Waals surface area contributed by atoms with E-state index < -0.39 is 0 Å². The molecule has 0 unspecified atom stereocenters. The molecule has 2 rings (SSSR count). The van der Waals surface area contributed by atoms with Crippen LogP contribution in [0.3, 0.4) is 0 Å². The van der Waals surface area contributed by atoms with Gasteiger partial charge in [0.25, 0.3) is 5.91 Å². The van der Waals surface area contributed by atoms with Crippen LogP contribution in [0, 0.1) is 9.39 Å². The lowest BCUT2D eigenvalue weighted by Gasteiger charge is -2.11. The predicted octanol–water partition coefficient (Wildman–Crippen LogP) is 3.27. The molecule has 0 radical (unpaired) electrons. The number of rotatable bonds is 3. The molecule has 0 aliphatic rings. The summed E-state index contributed by atoms with van der Waals surface area (Å²) in [4.78, 5) is 12.2. The largest absolute Gasteiger partial charge is 0.496 e. The zero-order valence-electron chi connectivity index (χ0n) is 10.6. The fourth-order valence-corrected chi connectivity index (χ4v) is 2.29. The van der Waals surface area contributed by atoms with Crippen molar-refractivity contribution in [2.24, 2.45) is 0 Å². The molecule has 0 fully saturated rings. The second-order valence-electron chi connectivity index (χ2n) is 4.04. The van der Waals surface area contributed by atoms with Crippen molar-refractivity contribution in [3.8, 4) is 5.75 Å². The Bertz CT molecular complexity index is 662. The molecule has 4 nitrogen and oxygen atoms in total. The van der Waals surface area contributed by atoms with Crippen LogP contribution in [-0.4, -0.2) is 13.0 Å². The molecule has 2 aromatic rings. The van der Waals surface area contributed by atoms with Gasteiger partial charge < -0.3 is 15.8 Å². The van der Waals surface area contributed by atoms with Crippen LogP contribution in [0.2, 0.25) is 0 Å². The van der Waals surface area contributed by atoms with Crippen LogP contribution in [0.1, 0.15) is 10.4 Å². The van der Waals surface area contributed by atoms with E-state index in [1.807, 2.05) is 22.6 Å². The third-order valence-electron chi connectivity index (χ3n) is 2.65. The molecule has 0 aromatic heterocycles. The average molecular weight is 386 g/mol. The number of amides is 1. The lowest BCUT2D eigenvalue weighted by Crippen LogP contribution is -2.14. The van der Waals surface area contributed by atoms with E-state index in [1.165, 1.54) is 25.3 Å². The number of ether oxygens (including phenoxy) is 1. The second kappa shape index (κ2) is 6.08. The van der Waals surface area contributed by atoms with Crippen LogP contribution in [0.25, 0.3) is 0 Å². The Hall–Kier alpha value is -1.83. The summed E-state index contributed by atoms with van der Waals surface area (Å²) in [6.07, 6.45) is 0. The van der Waals surface area contributed by atoms with Crippen LogP contribution < -0.4 is 15.8 Å². The van der Waals surface area contributed by atoms with Gasteiger partial charge in [0.15, 0.2) is 0 Å². The van der Waals surface area contributed by atoms with Crippen LogP contribution in [0.5, 0.6) is 5.75 Å². The van der Waals surface area contributed by atoms with Crippen molar-refractivity contribution in [2.75, 3.05) is 18.2 Å². The number of anilines is 2. The number of carbonyl (C=O) groups is 1. The molecule has 0 aliphatic heterocycles. The van der Waals surface area contributed by atoms with E-state index in [2.05, 4.69) is 5.32 Å². The summed E-state index contributed by atoms with van der Waals surface area (Å²) in [5, 5.41) is 2.71. The number of hydrogen-bond acceptors (Lipinski definition) is 3. The molecule has 0 saturated carbocycles. The van der Waals surface area contributed by atoms with E-state index >= 15 is 0 Å². The Morgan fingerprint density at radius 3 is 2.70 bits per heavy atom. The molecule has 0 saturated heterocycles. The molecular weight excluding hydrogens is 374 g/mol. The number of nitrogens with one attached hydrogen (secondary N) is 1. The zero-order chi connectivity index (χ0) is 14.7. The quantitative estimate of drug-likeness (QED) is 0.629. The molecule has 6 heteroatoms. The van der Waals surface area contributed by atoms with Gasteiger partial charge in [-0.2, -0.15) is 0 Å². The summed E-state index contributed by atoms with van der Waals surface area (Å²) < 4.78 is 18.8. The lowest BCUT2D eigenvalue weighted by molar-refractivity contribution is 0.102. The smallest absolute Gasteiger partial charge is 0.259 e. The van der Waals surface area contributed by atoms with Gasteiger partial charge in [-0.3, -0.25) is 4.79 Å². The molecule has 0 bridgehead atoms. The van der Waals surface area contributed by atoms with E-state index in [-0.39, 0.29) is 11.7 Å². The molecule has 104 valence electrons. The molecular formula is C14H12FIN2O2. The van der Waals surface area contributed by atoms with E-state index in [4.69, 9.17) is 10.5 Å². The molecule has 0 atom stereocenters. The highest BCUT2D eigenvalue weighted by atomic mass is 127. The van der Waals surface area contributed by atoms with Gasteiger partial charge in [-0.05, 0) is 52.9 Å². The zero-order valence-corrected chi connectivity index (χ0v) is 12.8. The third-order valence-corrected chi connectivity index (χ3v) is 3.54. The topological polar surface area (TPSA) is 64.3 Å². The van der Waals surface area contributed by atoms with E-state index in [9.17, 15) is 9.18 Å². The average Bonchev–Trinajstić information content (AvgIpc) is 2.41. The number of nitrogen functional groups attached to an aromatic ring is 1. The van der Waals surface area contributed by atoms with Crippen molar-refractivity contribution < 1.29 is 13.9 Å². The molecule has 0 spiro atoms. The van der Waals surface area contributed by atoms with Crippen molar-refractivity contribution in [3.63, 3.8) is 0 Å². The van der Waals surface area contributed by atoms with E-state index in [1.54, 1.807) is 18.2 Å². The van der Waals surface area contributed by atoms with Crippen LogP contribution in [0.4, 0.5) is 15.8 Å². The summed E-state index contributed by atoms with van der Waals surface area (Å²) in [5.41, 5.74) is 7.05. The maximum Gasteiger partial charge on any atom is 0.259 e. The van der Waals surface area contributed by atoms with Gasteiger partial charge >= 0.3 is 0 Å². The molecule has 20 heavy (non-hydrogen) atoms. The first-order valence-electron chi connectivity index (χ1n) is 5.71. The summed E-state index contributed by atoms with van der Waals surface area (Å²) in [6, 6.07) is 8.92. The maximum absolute atomic E-state index is 13.0. The Morgan fingerprint density at radius 1 is 1.30 bits per heavy atom. The number of methoxy groups -OCH3 is 1. The van der Waals surface area contributed by atoms with Gasteiger partial charge in [0, 0.05) is 15.3 Å². The number of hydrogen-bond donors (Lipinski definition) is 2. The fourth-order valence-electron chi connectivity index (χ4n) is 1.68. The first kappa shape index (κ1) is 14.6. The first-order valence-corrected chi connectivity index (χ1v) is 6.79. The molecule has 0 heterocycles. The Kier molecular flexibility index (Phi) is 4.43. The molecule has 2 aromatic carbocycles. The monoisotopic (exact) mass is 386 g/mol. The Morgan fingerprint density at radius 2 is 2.05 bits per heavy atom. The second-order valence-corrected chi connectivity index (χ2v) is 5.20. The van der Waals surface area contributed by atoms with Gasteiger partial charge in [0.05, 0.1) is 18.4 Å². The number of halogens is 2. The number of carbonyl (C=O) groups excluding carboxylic acids is 1. The SMILES string of the molecule is COc1cc(N)ccc1C(=O)Nc1ccc(F)cc1I. The van der Waals surface area contributed by atoms with E-state index in [0.717, 1.165) is 0 Å². The Labute approximate surface area is 129 Å². The van der Waals surface area contributed by atoms with Crippen molar-refractivity contribution in [1.29, 1.82) is 0 Å². The van der Waals surface area contributed by atoms with Crippen molar-refractivity contribution in [3.05, 3.63) is 51.3 Å². The minimum Gasteiger partial charge on any atom is -0.496 e. The lowest BCUT2D eigenvalue weighted by atomic mass is 10.1. The maximum atomic E-state index is 13.0. The van der Waals surface area contributed by atoms with Gasteiger partial charge in [-0.15, -0.1) is 0 Å². The highest BCUT2D eigenvalue weighted by Crippen LogP contribution is 2.24. The molecule has 0 aliphatic carbocycles. The van der Waals surface area contributed by atoms with Crippen LogP contribution >= 0.6 is 22.6 Å². The van der Waals surface area contributed by atoms with Crippen molar-refractivity contribution >= 4 is 39.9 Å². The van der Waals surface area contributed by atoms with Gasteiger partial charge in [-0.25, -0.2) is 4.39 Å². The van der Waals surface area contributed by atoms with Crippen molar-refractivity contribution in [1.82, 2.24) is 0 Å². The molecule has 1 amide bonds. The fraction of sp³-hybridized carbons (Fsp3) is 0.0714. The third kappa shape index (κ3) is 3.19. The normalized spacial score (nSPS) is 10.2. The van der Waals surface area contributed by atoms with Gasteiger partial charge in [0.2, 0.25) is 0 Å². The number of benzene rings is 2. The Balaban J connectivity index is 2.28. The molecule has 3 N–H and O–H groups in total. The summed E-state index contributed by atoms with van der Waals surface area (Å²) in [7, 11) is 1.47. The first-order chi connectivity index (χ1) is 9.51. The number of nitrogens with two attached hydrogens (primary N) is 1. The van der Waals surface area contributed by atoms with Gasteiger partial charge in [-0.1, -0.05) is 0 Å². The summed E-state index contributed by atoms with van der Waals surface area (Å²) >= 11 is 1.96. The predicted molar refractivity (Wildman–Crippen MR) is 84.5 cm³/mol. The highest BCUT2D eigenvalue weighted by molar-refractivity contribution is 14.1. The highest BCUT2D eigenvalue weighted by Gasteiger charge is 2.14. The van der Waals surface area contributed by atoms with Gasteiger partial charge in [0.1, 0.15) is 11.6 Å².